The SMILES string of the molecule is CNN1CCCC1c1ccc(Cl)nc1.Cl. The monoisotopic (exact) mass is 247 g/mol. The van der Waals surface area contributed by atoms with Crippen molar-refractivity contribution in [3.63, 3.8) is 0 Å². The molecule has 5 heteroatoms. The molecule has 0 radical (unpaired) electrons. The molecule has 0 saturated carbocycles. The van der Waals surface area contributed by atoms with Crippen LogP contribution in [0.4, 0.5) is 0 Å². The minimum Gasteiger partial charge on any atom is -0.258 e. The Morgan fingerprint density at radius 1 is 1.53 bits per heavy atom. The van der Waals surface area contributed by atoms with E-state index >= 15 is 0 Å². The van der Waals surface area contributed by atoms with E-state index in [1.807, 2.05) is 19.3 Å². The molecule has 1 aromatic heterocycles. The third kappa shape index (κ3) is 2.82. The number of hydrogen-bond acceptors (Lipinski definition) is 3. The summed E-state index contributed by atoms with van der Waals surface area (Å²) in [5.41, 5.74) is 4.44. The summed E-state index contributed by atoms with van der Waals surface area (Å²) in [5.74, 6) is 0. The van der Waals surface area contributed by atoms with E-state index in [1.54, 1.807) is 0 Å². The van der Waals surface area contributed by atoms with Gasteiger partial charge in [-0.3, -0.25) is 5.43 Å². The van der Waals surface area contributed by atoms with Crippen molar-refractivity contribution in [2.24, 2.45) is 0 Å². The van der Waals surface area contributed by atoms with Gasteiger partial charge in [0, 0.05) is 12.7 Å². The fourth-order valence-corrected chi connectivity index (χ4v) is 2.08. The van der Waals surface area contributed by atoms with Crippen molar-refractivity contribution in [1.82, 2.24) is 15.4 Å². The minimum atomic E-state index is 0. The molecule has 0 amide bonds. The number of hydrazine groups is 1. The molecule has 84 valence electrons. The summed E-state index contributed by atoms with van der Waals surface area (Å²) >= 11 is 5.75. The van der Waals surface area contributed by atoms with Crippen LogP contribution >= 0.6 is 24.0 Å². The molecule has 3 nitrogen and oxygen atoms in total. The first-order valence-electron chi connectivity index (χ1n) is 4.87. The summed E-state index contributed by atoms with van der Waals surface area (Å²) in [5, 5.41) is 2.80. The van der Waals surface area contributed by atoms with E-state index in [0.29, 0.717) is 11.2 Å². The number of pyridine rings is 1. The average Bonchev–Trinajstić information content (AvgIpc) is 2.67. The number of halogens is 2. The molecule has 1 saturated heterocycles. The third-order valence-electron chi connectivity index (χ3n) is 2.68. The molecule has 1 fully saturated rings. The summed E-state index contributed by atoms with van der Waals surface area (Å²) < 4.78 is 0. The number of nitrogens with zero attached hydrogens (tertiary/aromatic N) is 2. The zero-order valence-corrected chi connectivity index (χ0v) is 10.2. The van der Waals surface area contributed by atoms with E-state index in [9.17, 15) is 0 Å². The maximum Gasteiger partial charge on any atom is 0.129 e. The molecule has 1 aliphatic rings. The van der Waals surface area contributed by atoms with Crippen LogP contribution in [-0.2, 0) is 0 Å². The van der Waals surface area contributed by atoms with Gasteiger partial charge in [0.2, 0.25) is 0 Å². The van der Waals surface area contributed by atoms with Crippen LogP contribution in [0.5, 0.6) is 0 Å². The maximum absolute atomic E-state index is 5.75. The first-order chi connectivity index (χ1) is 6.81. The standard InChI is InChI=1S/C10H14ClN3.ClH/c1-12-14-6-2-3-9(14)8-4-5-10(11)13-7-8;/h4-5,7,9,12H,2-3,6H2,1H3;1H. The molecule has 0 aliphatic carbocycles. The second-order valence-electron chi connectivity index (χ2n) is 3.49. The highest BCUT2D eigenvalue weighted by Crippen LogP contribution is 2.29. The van der Waals surface area contributed by atoms with Crippen molar-refractivity contribution in [3.05, 3.63) is 29.0 Å². The van der Waals surface area contributed by atoms with Crippen molar-refractivity contribution in [1.29, 1.82) is 0 Å². The highest BCUT2D eigenvalue weighted by molar-refractivity contribution is 6.29. The largest absolute Gasteiger partial charge is 0.258 e. The molecule has 2 rings (SSSR count). The Balaban J connectivity index is 0.00000112. The van der Waals surface area contributed by atoms with Crippen LogP contribution in [-0.4, -0.2) is 23.6 Å². The predicted octanol–water partition coefficient (Wildman–Crippen LogP) is 2.43. The highest BCUT2D eigenvalue weighted by Gasteiger charge is 2.24. The van der Waals surface area contributed by atoms with Gasteiger partial charge in [0.05, 0.1) is 6.04 Å². The fraction of sp³-hybridized carbons (Fsp3) is 0.500. The van der Waals surface area contributed by atoms with Crippen LogP contribution in [0.1, 0.15) is 24.4 Å². The molecule has 15 heavy (non-hydrogen) atoms. The summed E-state index contributed by atoms with van der Waals surface area (Å²) in [6.45, 7) is 1.10. The summed E-state index contributed by atoms with van der Waals surface area (Å²) in [6.07, 6.45) is 4.28. The fourth-order valence-electron chi connectivity index (χ4n) is 1.97. The van der Waals surface area contributed by atoms with Crippen LogP contribution in [0.3, 0.4) is 0 Å². The van der Waals surface area contributed by atoms with Crippen molar-refractivity contribution in [2.45, 2.75) is 18.9 Å². The molecule has 1 atom stereocenters. The molecular formula is C10H15Cl2N3. The van der Waals surface area contributed by atoms with Crippen LogP contribution in [0.15, 0.2) is 18.3 Å². The Morgan fingerprint density at radius 2 is 2.33 bits per heavy atom. The van der Waals surface area contributed by atoms with E-state index in [2.05, 4.69) is 21.5 Å². The van der Waals surface area contributed by atoms with Crippen molar-refractivity contribution >= 4 is 24.0 Å². The average molecular weight is 248 g/mol. The van der Waals surface area contributed by atoms with Gasteiger partial charge in [-0.1, -0.05) is 17.7 Å². The Kier molecular flexibility index (Phi) is 4.80. The second-order valence-corrected chi connectivity index (χ2v) is 3.88. The topological polar surface area (TPSA) is 28.2 Å². The number of aromatic nitrogens is 1. The van der Waals surface area contributed by atoms with Crippen LogP contribution in [0.25, 0.3) is 0 Å². The van der Waals surface area contributed by atoms with Gasteiger partial charge in [0.25, 0.3) is 0 Å². The van der Waals surface area contributed by atoms with E-state index in [0.717, 1.165) is 6.54 Å². The first kappa shape index (κ1) is 12.7. The lowest BCUT2D eigenvalue weighted by Crippen LogP contribution is -2.34. The van der Waals surface area contributed by atoms with Crippen LogP contribution in [0, 0.1) is 0 Å². The van der Waals surface area contributed by atoms with E-state index in [1.165, 1.54) is 18.4 Å². The first-order valence-corrected chi connectivity index (χ1v) is 5.24. The number of hydrogen-bond donors (Lipinski definition) is 1. The predicted molar refractivity (Wildman–Crippen MR) is 64.2 cm³/mol. The van der Waals surface area contributed by atoms with E-state index in [-0.39, 0.29) is 12.4 Å². The van der Waals surface area contributed by atoms with Gasteiger partial charge in [-0.25, -0.2) is 9.99 Å². The lowest BCUT2D eigenvalue weighted by molar-refractivity contribution is 0.190. The van der Waals surface area contributed by atoms with Gasteiger partial charge < -0.3 is 0 Å². The molecular weight excluding hydrogens is 233 g/mol. The van der Waals surface area contributed by atoms with Gasteiger partial charge >= 0.3 is 0 Å². The molecule has 1 N–H and O–H groups in total. The summed E-state index contributed by atoms with van der Waals surface area (Å²) in [4.78, 5) is 4.10. The zero-order chi connectivity index (χ0) is 9.97. The lowest BCUT2D eigenvalue weighted by atomic mass is 10.1. The van der Waals surface area contributed by atoms with Crippen molar-refractivity contribution in [3.8, 4) is 0 Å². The molecule has 1 unspecified atom stereocenters. The molecule has 1 aliphatic heterocycles. The Hall–Kier alpha value is -0.350. The normalized spacial score (nSPS) is 21.3. The second kappa shape index (κ2) is 5.66. The lowest BCUT2D eigenvalue weighted by Gasteiger charge is -2.23. The Bertz CT molecular complexity index is 302. The van der Waals surface area contributed by atoms with Gasteiger partial charge in [0.15, 0.2) is 0 Å². The number of rotatable bonds is 2. The van der Waals surface area contributed by atoms with Gasteiger partial charge in [-0.05, 0) is 31.5 Å². The third-order valence-corrected chi connectivity index (χ3v) is 2.90. The molecule has 0 spiro atoms. The zero-order valence-electron chi connectivity index (χ0n) is 8.61. The van der Waals surface area contributed by atoms with Crippen molar-refractivity contribution in [2.75, 3.05) is 13.6 Å². The van der Waals surface area contributed by atoms with Gasteiger partial charge in [-0.15, -0.1) is 12.4 Å². The summed E-state index contributed by atoms with van der Waals surface area (Å²) in [6, 6.07) is 4.35. The Morgan fingerprint density at radius 3 is 2.93 bits per heavy atom. The highest BCUT2D eigenvalue weighted by atomic mass is 35.5. The van der Waals surface area contributed by atoms with Gasteiger partial charge in [-0.2, -0.15) is 0 Å². The number of nitrogens with one attached hydrogen (secondary N) is 1. The molecule has 0 aromatic carbocycles. The molecule has 0 bridgehead atoms. The quantitative estimate of drug-likeness (QED) is 0.815. The molecule has 1 aromatic rings. The van der Waals surface area contributed by atoms with Crippen molar-refractivity contribution < 1.29 is 0 Å². The molecule has 2 heterocycles. The minimum absolute atomic E-state index is 0. The smallest absolute Gasteiger partial charge is 0.129 e. The van der Waals surface area contributed by atoms with Gasteiger partial charge in [0.1, 0.15) is 5.15 Å². The van der Waals surface area contributed by atoms with E-state index in [4.69, 9.17) is 11.6 Å². The van der Waals surface area contributed by atoms with E-state index < -0.39 is 0 Å². The Labute approximate surface area is 101 Å². The van der Waals surface area contributed by atoms with Crippen LogP contribution < -0.4 is 5.43 Å². The maximum atomic E-state index is 5.75. The van der Waals surface area contributed by atoms with Crippen LogP contribution in [0.2, 0.25) is 5.15 Å². The summed E-state index contributed by atoms with van der Waals surface area (Å²) in [7, 11) is 1.96.